The lowest BCUT2D eigenvalue weighted by atomic mass is 10.1. The van der Waals surface area contributed by atoms with Gasteiger partial charge in [0.1, 0.15) is 12.2 Å². The van der Waals surface area contributed by atoms with Crippen LogP contribution < -0.4 is 0 Å². The lowest BCUT2D eigenvalue weighted by Gasteiger charge is -2.32. The highest BCUT2D eigenvalue weighted by Crippen LogP contribution is 2.51. The monoisotopic (exact) mass is 496 g/mol. The molecule has 0 saturated carbocycles. The summed E-state index contributed by atoms with van der Waals surface area (Å²) in [6.07, 6.45) is 0.791. The molecule has 0 bridgehead atoms. The highest BCUT2D eigenvalue weighted by molar-refractivity contribution is 7.59. The molecule has 34 heavy (non-hydrogen) atoms. The summed E-state index contributed by atoms with van der Waals surface area (Å²) < 4.78 is 24.6. The number of hydrogen-bond donors (Lipinski definition) is 1. The van der Waals surface area contributed by atoms with E-state index in [1.165, 1.54) is 0 Å². The molecule has 1 aliphatic rings. The smallest absolute Gasteiger partial charge is 0.435 e. The molecule has 1 aromatic carbocycles. The number of hydrogen-bond acceptors (Lipinski definition) is 6. The molecule has 0 spiro atoms. The molecule has 2 rings (SSSR count). The fourth-order valence-electron chi connectivity index (χ4n) is 4.35. The average Bonchev–Trinajstić information content (AvgIpc) is 3.19. The number of rotatable bonds is 12. The topological polar surface area (TPSA) is 107 Å². The number of benzene rings is 1. The standard InChI is InChI=1S/C25H38NO7P/c1-5-23(28)32-24(19(2)3)33-34(31,17-10-9-15-21-13-7-6-8-14-21)18-22(27)26(25(29)30)16-11-12-20(26)4/h6-8,13-14,19-20,24H,5,9-12,15-18H2,1-4H3/p+1/t20-,24?,26?,34?/m1/s1. The van der Waals surface area contributed by atoms with Gasteiger partial charge in [-0.15, -0.1) is 0 Å². The molecule has 8 nitrogen and oxygen atoms in total. The van der Waals surface area contributed by atoms with Crippen molar-refractivity contribution in [3.8, 4) is 0 Å². The number of carbonyl (C=O) groups excluding carboxylic acids is 2. The lowest BCUT2D eigenvalue weighted by molar-refractivity contribution is -0.791. The lowest BCUT2D eigenvalue weighted by Crippen LogP contribution is -2.59. The van der Waals surface area contributed by atoms with Gasteiger partial charge in [0, 0.05) is 31.3 Å². The number of quaternary nitrogens is 1. The number of likely N-dealkylation sites (tertiary alicyclic amines) is 1. The van der Waals surface area contributed by atoms with Crippen LogP contribution >= 0.6 is 7.37 Å². The molecule has 1 saturated heterocycles. The molecule has 2 amide bonds. The Labute approximate surface area is 202 Å². The summed E-state index contributed by atoms with van der Waals surface area (Å²) in [5.41, 5.74) is 1.16. The van der Waals surface area contributed by atoms with Crippen LogP contribution in [0.2, 0.25) is 0 Å². The van der Waals surface area contributed by atoms with Gasteiger partial charge in [0.2, 0.25) is 13.7 Å². The Kier molecular flexibility index (Phi) is 10.5. The number of aryl methyl sites for hydroxylation is 1. The predicted octanol–water partition coefficient (Wildman–Crippen LogP) is 5.44. The van der Waals surface area contributed by atoms with Gasteiger partial charge < -0.3 is 9.84 Å². The van der Waals surface area contributed by atoms with Crippen molar-refractivity contribution in [2.75, 3.05) is 18.9 Å². The molecule has 0 aromatic heterocycles. The predicted molar refractivity (Wildman–Crippen MR) is 130 cm³/mol. The maximum atomic E-state index is 14.0. The third kappa shape index (κ3) is 7.24. The molecule has 4 atom stereocenters. The zero-order chi connectivity index (χ0) is 25.4. The third-order valence-electron chi connectivity index (χ3n) is 6.48. The van der Waals surface area contributed by atoms with Gasteiger partial charge in [-0.3, -0.25) is 13.9 Å². The summed E-state index contributed by atoms with van der Waals surface area (Å²) in [6, 6.07) is 9.52. The quantitative estimate of drug-likeness (QED) is 0.135. The first-order valence-electron chi connectivity index (χ1n) is 12.2. The first kappa shape index (κ1) is 28.2. The SMILES string of the molecule is CCC(=O)OC(OP(=O)(CCCCc1ccccc1)CC(=O)[N+]1(C(=O)O)CCC[C@H]1C)C(C)C. The maximum Gasteiger partial charge on any atom is 0.521 e. The molecule has 1 heterocycles. The number of carbonyl (C=O) groups is 3. The number of imide groups is 1. The van der Waals surface area contributed by atoms with E-state index < -0.39 is 48.3 Å². The second-order valence-corrected chi connectivity index (χ2v) is 12.1. The number of esters is 1. The van der Waals surface area contributed by atoms with Gasteiger partial charge in [-0.2, -0.15) is 9.28 Å². The van der Waals surface area contributed by atoms with Gasteiger partial charge in [0.25, 0.3) is 0 Å². The van der Waals surface area contributed by atoms with Crippen molar-refractivity contribution >= 4 is 25.3 Å². The van der Waals surface area contributed by atoms with E-state index >= 15 is 0 Å². The summed E-state index contributed by atoms with van der Waals surface area (Å²) in [4.78, 5) is 37.4. The Morgan fingerprint density at radius 1 is 1.18 bits per heavy atom. The van der Waals surface area contributed by atoms with Crippen molar-refractivity contribution in [3.05, 3.63) is 35.9 Å². The minimum atomic E-state index is -3.64. The molecule has 1 aliphatic heterocycles. The molecule has 190 valence electrons. The third-order valence-corrected chi connectivity index (χ3v) is 8.82. The van der Waals surface area contributed by atoms with E-state index in [-0.39, 0.29) is 25.0 Å². The van der Waals surface area contributed by atoms with Crippen molar-refractivity contribution in [2.24, 2.45) is 5.92 Å². The highest BCUT2D eigenvalue weighted by atomic mass is 31.2. The van der Waals surface area contributed by atoms with Crippen molar-refractivity contribution < 1.29 is 37.8 Å². The van der Waals surface area contributed by atoms with E-state index in [9.17, 15) is 24.1 Å². The van der Waals surface area contributed by atoms with Crippen molar-refractivity contribution in [3.63, 3.8) is 0 Å². The second-order valence-electron chi connectivity index (χ2n) is 9.46. The van der Waals surface area contributed by atoms with Crippen LogP contribution in [0.15, 0.2) is 30.3 Å². The van der Waals surface area contributed by atoms with Gasteiger partial charge >= 0.3 is 18.0 Å². The Morgan fingerprint density at radius 3 is 2.38 bits per heavy atom. The maximum absolute atomic E-state index is 14.0. The van der Waals surface area contributed by atoms with Crippen molar-refractivity contribution in [2.45, 2.75) is 78.6 Å². The Bertz CT molecular complexity index is 889. The Hall–Kier alpha value is -2.02. The number of ether oxygens (including phenoxy) is 1. The van der Waals surface area contributed by atoms with Gasteiger partial charge in [0.05, 0.1) is 6.54 Å². The van der Waals surface area contributed by atoms with Crippen LogP contribution in [0.3, 0.4) is 0 Å². The number of nitrogens with zero attached hydrogens (tertiary/aromatic N) is 1. The van der Waals surface area contributed by atoms with E-state index in [4.69, 9.17) is 9.26 Å². The van der Waals surface area contributed by atoms with Crippen molar-refractivity contribution in [1.29, 1.82) is 0 Å². The average molecular weight is 497 g/mol. The first-order chi connectivity index (χ1) is 16.0. The van der Waals surface area contributed by atoms with Crippen molar-refractivity contribution in [1.82, 2.24) is 0 Å². The molecule has 3 unspecified atom stereocenters. The molecule has 0 radical (unpaired) electrons. The van der Waals surface area contributed by atoms with E-state index in [2.05, 4.69) is 0 Å². The minimum Gasteiger partial charge on any atom is -0.435 e. The van der Waals surface area contributed by atoms with E-state index in [1.54, 1.807) is 27.7 Å². The summed E-state index contributed by atoms with van der Waals surface area (Å²) in [7, 11) is -3.64. The molecule has 9 heteroatoms. The van der Waals surface area contributed by atoms with Crippen LogP contribution in [0, 0.1) is 5.92 Å². The Balaban J connectivity index is 2.20. The van der Waals surface area contributed by atoms with E-state index in [0.717, 1.165) is 18.4 Å². The van der Waals surface area contributed by atoms with Crippen LogP contribution in [0.25, 0.3) is 0 Å². The minimum absolute atomic E-state index is 0.118. The first-order valence-corrected chi connectivity index (χ1v) is 14.2. The van der Waals surface area contributed by atoms with Gasteiger partial charge in [-0.05, 0) is 31.7 Å². The summed E-state index contributed by atoms with van der Waals surface area (Å²) in [6.45, 7) is 7.14. The zero-order valence-corrected chi connectivity index (χ0v) is 21.7. The fourth-order valence-corrected chi connectivity index (χ4v) is 6.72. The molecular formula is C25H39NO7P+. The van der Waals surface area contributed by atoms with Gasteiger partial charge in [0.15, 0.2) is 0 Å². The molecule has 1 fully saturated rings. The number of unbranched alkanes of at least 4 members (excludes halogenated alkanes) is 1. The van der Waals surface area contributed by atoms with Crippen LogP contribution in [-0.4, -0.2) is 58.8 Å². The summed E-state index contributed by atoms with van der Waals surface area (Å²) >= 11 is 0. The number of carboxylic acid groups (broad SMARTS) is 1. The van der Waals surface area contributed by atoms with Gasteiger partial charge in [-0.1, -0.05) is 51.1 Å². The van der Waals surface area contributed by atoms with E-state index in [0.29, 0.717) is 19.3 Å². The normalized spacial score (nSPS) is 22.8. The summed E-state index contributed by atoms with van der Waals surface area (Å²) in [5, 5.41) is 9.91. The highest BCUT2D eigenvalue weighted by Gasteiger charge is 2.54. The van der Waals surface area contributed by atoms with Crippen LogP contribution in [0.4, 0.5) is 4.79 Å². The molecule has 1 aromatic rings. The Morgan fingerprint density at radius 2 is 1.85 bits per heavy atom. The molecular weight excluding hydrogens is 457 g/mol. The van der Waals surface area contributed by atoms with Crippen LogP contribution in [0.5, 0.6) is 0 Å². The second kappa shape index (κ2) is 12.6. The fraction of sp³-hybridized carbons (Fsp3) is 0.640. The molecule has 1 N–H and O–H groups in total. The zero-order valence-electron chi connectivity index (χ0n) is 20.8. The van der Waals surface area contributed by atoms with Crippen LogP contribution in [0.1, 0.15) is 65.4 Å². The molecule has 0 aliphatic carbocycles. The summed E-state index contributed by atoms with van der Waals surface area (Å²) in [5.74, 6) is -1.37. The largest absolute Gasteiger partial charge is 0.521 e. The number of amides is 2. The van der Waals surface area contributed by atoms with Crippen LogP contribution in [-0.2, 0) is 29.8 Å². The van der Waals surface area contributed by atoms with E-state index in [1.807, 2.05) is 30.3 Å². The van der Waals surface area contributed by atoms with Gasteiger partial charge in [-0.25, -0.2) is 4.79 Å².